The van der Waals surface area contributed by atoms with Crippen LogP contribution in [0.1, 0.15) is 47.9 Å². The van der Waals surface area contributed by atoms with E-state index in [4.69, 9.17) is 0 Å². The molecule has 0 heterocycles. The lowest BCUT2D eigenvalue weighted by atomic mass is 10.0. The van der Waals surface area contributed by atoms with Gasteiger partial charge in [0, 0.05) is 19.0 Å². The van der Waals surface area contributed by atoms with Gasteiger partial charge in [-0.2, -0.15) is 0 Å². The maximum Gasteiger partial charge on any atom is 0.264 e. The standard InChI is InChI=1S/C37H41N3O4S/c1-28-14-13-21-33(24-28)40(45(43,44)34-22-7-4-8-23-34)27-36(41)39(26-31-18-10-9-15-29(31)2)35(25-30-16-5-3-6-17-30)37(42)38-32-19-11-12-20-32/h3-10,13-18,21-24,32,35H,11-12,19-20,25-27H2,1-2H3,(H,38,42). The molecular formula is C37H41N3O4S. The highest BCUT2D eigenvalue weighted by Crippen LogP contribution is 2.26. The van der Waals surface area contributed by atoms with E-state index in [2.05, 4.69) is 5.32 Å². The summed E-state index contributed by atoms with van der Waals surface area (Å²) in [6, 6.07) is 31.9. The van der Waals surface area contributed by atoms with Gasteiger partial charge in [-0.3, -0.25) is 13.9 Å². The average molecular weight is 624 g/mol. The van der Waals surface area contributed by atoms with Gasteiger partial charge in [-0.1, -0.05) is 97.8 Å². The van der Waals surface area contributed by atoms with E-state index >= 15 is 0 Å². The number of nitrogens with one attached hydrogen (secondary N) is 1. The zero-order valence-corrected chi connectivity index (χ0v) is 26.7. The number of aryl methyl sites for hydroxylation is 2. The summed E-state index contributed by atoms with van der Waals surface area (Å²) in [7, 11) is -4.12. The number of carbonyl (C=O) groups is 2. The SMILES string of the molecule is Cc1cccc(N(CC(=O)N(Cc2ccccc2C)C(Cc2ccccc2)C(=O)NC2CCCC2)S(=O)(=O)c2ccccc2)c1. The van der Waals surface area contributed by atoms with E-state index < -0.39 is 28.5 Å². The predicted octanol–water partition coefficient (Wildman–Crippen LogP) is 6.20. The van der Waals surface area contributed by atoms with Crippen molar-refractivity contribution in [3.8, 4) is 0 Å². The van der Waals surface area contributed by atoms with E-state index in [1.165, 1.54) is 12.1 Å². The van der Waals surface area contributed by atoms with Crippen LogP contribution in [-0.2, 0) is 32.6 Å². The Bertz CT molecular complexity index is 1700. The average Bonchev–Trinajstić information content (AvgIpc) is 3.56. The number of hydrogen-bond donors (Lipinski definition) is 1. The molecule has 1 atom stereocenters. The largest absolute Gasteiger partial charge is 0.352 e. The molecule has 45 heavy (non-hydrogen) atoms. The second-order valence-electron chi connectivity index (χ2n) is 11.8. The Balaban J connectivity index is 1.57. The number of hydrogen-bond acceptors (Lipinski definition) is 4. The third-order valence-corrected chi connectivity index (χ3v) is 10.3. The van der Waals surface area contributed by atoms with Gasteiger partial charge >= 0.3 is 0 Å². The van der Waals surface area contributed by atoms with Crippen molar-refractivity contribution in [2.24, 2.45) is 0 Å². The molecule has 0 saturated heterocycles. The Morgan fingerprint density at radius 3 is 2.13 bits per heavy atom. The fourth-order valence-corrected chi connectivity index (χ4v) is 7.35. The van der Waals surface area contributed by atoms with E-state index in [1.807, 2.05) is 74.5 Å². The van der Waals surface area contributed by atoms with Crippen LogP contribution < -0.4 is 9.62 Å². The van der Waals surface area contributed by atoms with Crippen LogP contribution in [0.2, 0.25) is 0 Å². The molecule has 0 aliphatic heterocycles. The zero-order valence-electron chi connectivity index (χ0n) is 25.9. The minimum absolute atomic E-state index is 0.0634. The maximum absolute atomic E-state index is 14.6. The van der Waals surface area contributed by atoms with Gasteiger partial charge in [0.05, 0.1) is 10.6 Å². The molecule has 2 amide bonds. The first kappa shape index (κ1) is 32.0. The summed E-state index contributed by atoms with van der Waals surface area (Å²) in [5.41, 5.74) is 4.04. The molecule has 1 saturated carbocycles. The summed E-state index contributed by atoms with van der Waals surface area (Å²) in [4.78, 5) is 30.4. The summed E-state index contributed by atoms with van der Waals surface area (Å²) in [5, 5.41) is 3.22. The van der Waals surface area contributed by atoms with Crippen molar-refractivity contribution in [1.29, 1.82) is 0 Å². The third-order valence-electron chi connectivity index (χ3n) is 8.47. The summed E-state index contributed by atoms with van der Waals surface area (Å²) >= 11 is 0. The van der Waals surface area contributed by atoms with Crippen molar-refractivity contribution in [1.82, 2.24) is 10.2 Å². The minimum atomic E-state index is -4.12. The first-order chi connectivity index (χ1) is 21.7. The quantitative estimate of drug-likeness (QED) is 0.204. The highest BCUT2D eigenvalue weighted by molar-refractivity contribution is 7.92. The maximum atomic E-state index is 14.6. The molecule has 4 aromatic rings. The van der Waals surface area contributed by atoms with Crippen LogP contribution >= 0.6 is 0 Å². The second kappa shape index (κ2) is 14.6. The number of rotatable bonds is 12. The minimum Gasteiger partial charge on any atom is -0.352 e. The first-order valence-corrected chi connectivity index (χ1v) is 17.0. The Kier molecular flexibility index (Phi) is 10.4. The van der Waals surface area contributed by atoms with Crippen LogP contribution in [-0.4, -0.2) is 43.8 Å². The molecule has 0 aromatic heterocycles. The van der Waals surface area contributed by atoms with Crippen molar-refractivity contribution < 1.29 is 18.0 Å². The molecule has 1 aliphatic rings. The normalized spacial score (nSPS) is 14.1. The van der Waals surface area contributed by atoms with Crippen molar-refractivity contribution in [2.45, 2.75) is 69.5 Å². The lowest BCUT2D eigenvalue weighted by Gasteiger charge is -2.34. The number of sulfonamides is 1. The van der Waals surface area contributed by atoms with Crippen molar-refractivity contribution >= 4 is 27.5 Å². The van der Waals surface area contributed by atoms with E-state index in [9.17, 15) is 18.0 Å². The van der Waals surface area contributed by atoms with E-state index in [1.54, 1.807) is 41.3 Å². The van der Waals surface area contributed by atoms with E-state index in [-0.39, 0.29) is 23.4 Å². The van der Waals surface area contributed by atoms with Crippen molar-refractivity contribution in [3.05, 3.63) is 131 Å². The van der Waals surface area contributed by atoms with Gasteiger partial charge in [-0.05, 0) is 73.2 Å². The Hall–Kier alpha value is -4.43. The van der Waals surface area contributed by atoms with Gasteiger partial charge in [-0.25, -0.2) is 8.42 Å². The number of nitrogens with zero attached hydrogens (tertiary/aromatic N) is 2. The van der Waals surface area contributed by atoms with Crippen LogP contribution in [0.5, 0.6) is 0 Å². The van der Waals surface area contributed by atoms with Gasteiger partial charge in [0.25, 0.3) is 10.0 Å². The van der Waals surface area contributed by atoms with Crippen LogP contribution in [0, 0.1) is 13.8 Å². The van der Waals surface area contributed by atoms with E-state index in [0.29, 0.717) is 12.1 Å². The number of carbonyl (C=O) groups excluding carboxylic acids is 2. The third kappa shape index (κ3) is 8.00. The molecule has 4 aromatic carbocycles. The fourth-order valence-electron chi connectivity index (χ4n) is 5.92. The molecule has 1 unspecified atom stereocenters. The molecule has 1 fully saturated rings. The Morgan fingerprint density at radius 1 is 0.822 bits per heavy atom. The molecule has 7 nitrogen and oxygen atoms in total. The molecule has 0 bridgehead atoms. The Labute approximate surface area is 266 Å². The first-order valence-electron chi connectivity index (χ1n) is 15.5. The van der Waals surface area contributed by atoms with Crippen LogP contribution in [0.15, 0.2) is 114 Å². The van der Waals surface area contributed by atoms with Crippen LogP contribution in [0.3, 0.4) is 0 Å². The van der Waals surface area contributed by atoms with Crippen molar-refractivity contribution in [3.63, 3.8) is 0 Å². The van der Waals surface area contributed by atoms with Gasteiger partial charge in [-0.15, -0.1) is 0 Å². The predicted molar refractivity (Wildman–Crippen MR) is 178 cm³/mol. The molecule has 1 aliphatic carbocycles. The summed E-state index contributed by atoms with van der Waals surface area (Å²) in [6.07, 6.45) is 4.23. The monoisotopic (exact) mass is 623 g/mol. The fraction of sp³-hybridized carbons (Fsp3) is 0.297. The Morgan fingerprint density at radius 2 is 1.47 bits per heavy atom. The van der Waals surface area contributed by atoms with Gasteiger partial charge in [0.15, 0.2) is 0 Å². The second-order valence-corrected chi connectivity index (χ2v) is 13.7. The summed E-state index contributed by atoms with van der Waals surface area (Å²) < 4.78 is 29.4. The molecule has 5 rings (SSSR count). The van der Waals surface area contributed by atoms with Crippen LogP contribution in [0.25, 0.3) is 0 Å². The molecule has 8 heteroatoms. The highest BCUT2D eigenvalue weighted by atomic mass is 32.2. The molecule has 234 valence electrons. The van der Waals surface area contributed by atoms with E-state index in [0.717, 1.165) is 52.2 Å². The van der Waals surface area contributed by atoms with Crippen LogP contribution in [0.4, 0.5) is 5.69 Å². The van der Waals surface area contributed by atoms with Crippen molar-refractivity contribution in [2.75, 3.05) is 10.8 Å². The summed E-state index contributed by atoms with van der Waals surface area (Å²) in [5.74, 6) is -0.678. The topological polar surface area (TPSA) is 86.8 Å². The number of anilines is 1. The number of amides is 2. The van der Waals surface area contributed by atoms with Gasteiger partial charge in [0.2, 0.25) is 11.8 Å². The molecule has 0 spiro atoms. The molecular weight excluding hydrogens is 582 g/mol. The zero-order chi connectivity index (χ0) is 31.8. The van der Waals surface area contributed by atoms with Gasteiger partial charge < -0.3 is 10.2 Å². The molecule has 1 N–H and O–H groups in total. The van der Waals surface area contributed by atoms with Gasteiger partial charge in [0.1, 0.15) is 12.6 Å². The molecule has 0 radical (unpaired) electrons. The number of benzene rings is 4. The lowest BCUT2D eigenvalue weighted by Crippen LogP contribution is -2.54. The smallest absolute Gasteiger partial charge is 0.264 e. The lowest BCUT2D eigenvalue weighted by molar-refractivity contribution is -0.140. The highest BCUT2D eigenvalue weighted by Gasteiger charge is 2.35. The summed E-state index contributed by atoms with van der Waals surface area (Å²) in [6.45, 7) is 3.55.